The molecule has 0 spiro atoms. The highest BCUT2D eigenvalue weighted by Crippen LogP contribution is 2.47. The number of methoxy groups -OCH3 is 1. The minimum Gasteiger partial charge on any atom is -0.497 e. The van der Waals surface area contributed by atoms with Crippen LogP contribution < -0.4 is 10.1 Å². The predicted molar refractivity (Wildman–Crippen MR) is 71.4 cm³/mol. The van der Waals surface area contributed by atoms with Gasteiger partial charge >= 0.3 is 6.18 Å². The van der Waals surface area contributed by atoms with Crippen LogP contribution in [0.15, 0.2) is 18.2 Å². The molecule has 0 aliphatic carbocycles. The predicted octanol–water partition coefficient (Wildman–Crippen LogP) is 3.10. The van der Waals surface area contributed by atoms with Crippen molar-refractivity contribution in [3.05, 3.63) is 23.2 Å². The highest BCUT2D eigenvalue weighted by Gasteiger charge is 2.59. The number of benzene rings is 1. The van der Waals surface area contributed by atoms with Crippen LogP contribution in [0.4, 0.5) is 13.2 Å². The number of nitrogens with zero attached hydrogens (tertiary/aromatic N) is 1. The Morgan fingerprint density at radius 1 is 1.40 bits per heavy atom. The normalized spacial score (nSPS) is 23.4. The maximum Gasteiger partial charge on any atom is 0.402 e. The third kappa shape index (κ3) is 1.96. The molecule has 1 saturated heterocycles. The molecule has 1 fully saturated rings. The van der Waals surface area contributed by atoms with Gasteiger partial charge in [0.25, 0.3) is 0 Å². The minimum absolute atomic E-state index is 0.0352. The van der Waals surface area contributed by atoms with Gasteiger partial charge in [-0.3, -0.25) is 0 Å². The Morgan fingerprint density at radius 3 is 2.80 bits per heavy atom. The van der Waals surface area contributed by atoms with Gasteiger partial charge < -0.3 is 10.1 Å². The molecule has 3 nitrogen and oxygen atoms in total. The molecule has 0 bridgehead atoms. The second-order valence-corrected chi connectivity index (χ2v) is 5.89. The van der Waals surface area contributed by atoms with Crippen LogP contribution >= 0.6 is 11.3 Å². The van der Waals surface area contributed by atoms with E-state index in [-0.39, 0.29) is 18.0 Å². The van der Waals surface area contributed by atoms with E-state index in [9.17, 15) is 13.2 Å². The zero-order chi connectivity index (χ0) is 14.4. The molecule has 1 unspecified atom stereocenters. The van der Waals surface area contributed by atoms with Crippen molar-refractivity contribution in [1.29, 1.82) is 0 Å². The number of hydrogen-bond donors (Lipinski definition) is 1. The molecule has 1 aromatic heterocycles. The molecule has 108 valence electrons. The molecule has 2 aromatic rings. The molecule has 0 amide bonds. The van der Waals surface area contributed by atoms with Crippen molar-refractivity contribution in [2.75, 3.05) is 20.2 Å². The molecule has 7 heteroatoms. The zero-order valence-electron chi connectivity index (χ0n) is 10.8. The number of alkyl halides is 3. The van der Waals surface area contributed by atoms with Crippen LogP contribution in [0.25, 0.3) is 10.2 Å². The van der Waals surface area contributed by atoms with E-state index in [2.05, 4.69) is 10.3 Å². The monoisotopic (exact) mass is 302 g/mol. The van der Waals surface area contributed by atoms with Crippen LogP contribution in [-0.4, -0.2) is 31.4 Å². The maximum atomic E-state index is 13.5. The van der Waals surface area contributed by atoms with Gasteiger partial charge in [-0.2, -0.15) is 13.2 Å². The quantitative estimate of drug-likeness (QED) is 0.925. The number of nitrogens with one attached hydrogen (secondary N) is 1. The van der Waals surface area contributed by atoms with Gasteiger partial charge in [-0.15, -0.1) is 11.3 Å². The average Bonchev–Trinajstić information content (AvgIpc) is 3.04. The smallest absolute Gasteiger partial charge is 0.402 e. The summed E-state index contributed by atoms with van der Waals surface area (Å²) in [6.45, 7) is 0.256. The van der Waals surface area contributed by atoms with Gasteiger partial charge in [-0.1, -0.05) is 0 Å². The van der Waals surface area contributed by atoms with E-state index in [0.29, 0.717) is 17.8 Å². The topological polar surface area (TPSA) is 34.1 Å². The lowest BCUT2D eigenvalue weighted by atomic mass is 9.87. The molecule has 1 aliphatic heterocycles. The van der Waals surface area contributed by atoms with Crippen LogP contribution in [0, 0.1) is 0 Å². The number of aromatic nitrogens is 1. The van der Waals surface area contributed by atoms with Gasteiger partial charge in [0.05, 0.1) is 17.3 Å². The first kappa shape index (κ1) is 13.6. The first-order valence-corrected chi connectivity index (χ1v) is 7.00. The molecule has 1 atom stereocenters. The minimum atomic E-state index is -4.30. The molecule has 2 heterocycles. The SMILES string of the molecule is COc1ccc2nc(C3(C(F)(F)F)CCNC3)sc2c1. The van der Waals surface area contributed by atoms with Crippen molar-refractivity contribution in [1.82, 2.24) is 10.3 Å². The fraction of sp³-hybridized carbons (Fsp3) is 0.462. The van der Waals surface area contributed by atoms with Crippen molar-refractivity contribution in [2.45, 2.75) is 18.0 Å². The van der Waals surface area contributed by atoms with Crippen molar-refractivity contribution < 1.29 is 17.9 Å². The third-order valence-electron chi connectivity index (χ3n) is 3.70. The van der Waals surface area contributed by atoms with E-state index in [0.717, 1.165) is 16.0 Å². The Balaban J connectivity index is 2.12. The van der Waals surface area contributed by atoms with E-state index in [1.807, 2.05) is 0 Å². The van der Waals surface area contributed by atoms with Crippen LogP contribution in [0.5, 0.6) is 5.75 Å². The zero-order valence-corrected chi connectivity index (χ0v) is 11.6. The van der Waals surface area contributed by atoms with Gasteiger partial charge in [0.2, 0.25) is 0 Å². The summed E-state index contributed by atoms with van der Waals surface area (Å²) >= 11 is 1.10. The number of thiazole rings is 1. The summed E-state index contributed by atoms with van der Waals surface area (Å²) in [5.41, 5.74) is -1.27. The molecule has 20 heavy (non-hydrogen) atoms. The molecule has 3 rings (SSSR count). The summed E-state index contributed by atoms with van der Waals surface area (Å²) in [6.07, 6.45) is -4.26. The highest BCUT2D eigenvalue weighted by molar-refractivity contribution is 7.18. The van der Waals surface area contributed by atoms with Crippen LogP contribution in [0.2, 0.25) is 0 Å². The van der Waals surface area contributed by atoms with E-state index < -0.39 is 11.6 Å². The van der Waals surface area contributed by atoms with Crippen molar-refractivity contribution >= 4 is 21.6 Å². The average molecular weight is 302 g/mol. The Labute approximate surface area is 117 Å². The van der Waals surface area contributed by atoms with Gasteiger partial charge in [-0.05, 0) is 31.2 Å². The molecule has 0 radical (unpaired) electrons. The Morgan fingerprint density at radius 2 is 2.20 bits per heavy atom. The summed E-state index contributed by atoms with van der Waals surface area (Å²) in [4.78, 5) is 4.21. The highest BCUT2D eigenvalue weighted by atomic mass is 32.1. The Bertz CT molecular complexity index is 632. The van der Waals surface area contributed by atoms with Crippen LogP contribution in [0.1, 0.15) is 11.4 Å². The Hall–Kier alpha value is -1.34. The molecule has 1 aromatic carbocycles. The van der Waals surface area contributed by atoms with E-state index in [1.165, 1.54) is 7.11 Å². The number of ether oxygens (including phenoxy) is 1. The summed E-state index contributed by atoms with van der Waals surface area (Å²) in [5.74, 6) is 0.623. The molecule has 0 saturated carbocycles. The number of fused-ring (bicyclic) bond motifs is 1. The van der Waals surface area contributed by atoms with Gasteiger partial charge in [0, 0.05) is 6.54 Å². The molecule has 1 N–H and O–H groups in total. The van der Waals surface area contributed by atoms with E-state index in [4.69, 9.17) is 4.74 Å². The maximum absolute atomic E-state index is 13.5. The second-order valence-electron chi connectivity index (χ2n) is 4.86. The van der Waals surface area contributed by atoms with Crippen molar-refractivity contribution in [2.24, 2.45) is 0 Å². The lowest BCUT2D eigenvalue weighted by Gasteiger charge is -2.28. The lowest BCUT2D eigenvalue weighted by molar-refractivity contribution is -0.184. The third-order valence-corrected chi connectivity index (χ3v) is 4.93. The largest absolute Gasteiger partial charge is 0.497 e. The fourth-order valence-corrected chi connectivity index (χ4v) is 3.71. The van der Waals surface area contributed by atoms with Gasteiger partial charge in [0.1, 0.15) is 16.2 Å². The lowest BCUT2D eigenvalue weighted by Crippen LogP contribution is -2.44. The molecular formula is C13H13F3N2OS. The first-order chi connectivity index (χ1) is 9.46. The summed E-state index contributed by atoms with van der Waals surface area (Å²) in [6, 6.07) is 5.13. The van der Waals surface area contributed by atoms with Crippen molar-refractivity contribution in [3.63, 3.8) is 0 Å². The second kappa shape index (κ2) is 4.60. The van der Waals surface area contributed by atoms with E-state index >= 15 is 0 Å². The Kier molecular flexibility index (Phi) is 3.13. The van der Waals surface area contributed by atoms with Gasteiger partial charge in [0.15, 0.2) is 0 Å². The van der Waals surface area contributed by atoms with Gasteiger partial charge in [-0.25, -0.2) is 4.98 Å². The van der Waals surface area contributed by atoms with Crippen LogP contribution in [-0.2, 0) is 5.41 Å². The molecular weight excluding hydrogens is 289 g/mol. The standard InChI is InChI=1S/C13H13F3N2OS/c1-19-8-2-3-9-10(6-8)20-11(18-9)12(13(14,15)16)4-5-17-7-12/h2-3,6,17H,4-5,7H2,1H3. The van der Waals surface area contributed by atoms with Crippen molar-refractivity contribution in [3.8, 4) is 5.75 Å². The van der Waals surface area contributed by atoms with E-state index in [1.54, 1.807) is 18.2 Å². The number of rotatable bonds is 2. The summed E-state index contributed by atoms with van der Waals surface area (Å²) in [7, 11) is 1.53. The fourth-order valence-electron chi connectivity index (χ4n) is 2.47. The number of halogens is 3. The summed E-state index contributed by atoms with van der Waals surface area (Å²) < 4.78 is 46.2. The first-order valence-electron chi connectivity index (χ1n) is 6.19. The molecule has 1 aliphatic rings. The summed E-state index contributed by atoms with van der Waals surface area (Å²) in [5, 5.41) is 2.94. The van der Waals surface area contributed by atoms with Crippen LogP contribution in [0.3, 0.4) is 0 Å². The number of hydrogen-bond acceptors (Lipinski definition) is 4.